The Balaban J connectivity index is 0.000000437. The minimum atomic E-state index is -3.72. The monoisotopic (exact) mass is 298 g/mol. The van der Waals surface area contributed by atoms with Crippen molar-refractivity contribution in [3.05, 3.63) is 29.8 Å². The minimum Gasteiger partial charge on any atom is -0.496 e. The first-order chi connectivity index (χ1) is 7.55. The molecule has 0 fully saturated rings. The maximum Gasteiger partial charge on any atom is 0.317 e. The van der Waals surface area contributed by atoms with Gasteiger partial charge in [0.25, 0.3) is 0 Å². The van der Waals surface area contributed by atoms with E-state index in [2.05, 4.69) is 48.2 Å². The summed E-state index contributed by atoms with van der Waals surface area (Å²) in [5.74, 6) is 0.977. The second-order valence-corrected chi connectivity index (χ2v) is 8.00. The lowest BCUT2D eigenvalue weighted by Crippen LogP contribution is -2.12. The van der Waals surface area contributed by atoms with Crippen LogP contribution < -0.4 is 4.74 Å². The summed E-state index contributed by atoms with van der Waals surface area (Å²) in [7, 11) is 6.53. The number of methoxy groups -OCH3 is 1. The fraction of sp³-hybridized carbons (Fsp3) is 0.455. The van der Waals surface area contributed by atoms with Gasteiger partial charge in [-0.05, 0) is 17.0 Å². The summed E-state index contributed by atoms with van der Waals surface area (Å²) in [6, 6.07) is 8.15. The van der Waals surface area contributed by atoms with Gasteiger partial charge in [-0.2, -0.15) is 8.42 Å². The maximum absolute atomic E-state index is 9.16. The largest absolute Gasteiger partial charge is 0.496 e. The molecule has 6 heteroatoms. The molecule has 1 aromatic carbocycles. The van der Waals surface area contributed by atoms with Gasteiger partial charge in [0.15, 0.2) is 0 Å². The van der Waals surface area contributed by atoms with Gasteiger partial charge in [0, 0.05) is 21.4 Å². The fourth-order valence-corrected chi connectivity index (χ4v) is 1.26. The summed E-state index contributed by atoms with van der Waals surface area (Å²) in [6.45, 7) is 6.56. The Morgan fingerprint density at radius 2 is 1.53 bits per heavy atom. The summed E-state index contributed by atoms with van der Waals surface area (Å²) in [6.07, 6.45) is 0. The summed E-state index contributed by atoms with van der Waals surface area (Å²) in [4.78, 5) is 0. The van der Waals surface area contributed by atoms with Crippen LogP contribution in [0.2, 0.25) is 0 Å². The lowest BCUT2D eigenvalue weighted by Gasteiger charge is -2.21. The number of hydrogen-bond donors (Lipinski definition) is 0. The van der Waals surface area contributed by atoms with E-state index >= 15 is 0 Å². The zero-order valence-corrected chi connectivity index (χ0v) is 12.5. The van der Waals surface area contributed by atoms with Crippen LogP contribution in [0.25, 0.3) is 0 Å². The molecule has 0 aliphatic heterocycles. The van der Waals surface area contributed by atoms with Crippen LogP contribution in [0.5, 0.6) is 5.75 Å². The lowest BCUT2D eigenvalue weighted by molar-refractivity contribution is 0.397. The first kappa shape index (κ1) is 16.6. The van der Waals surface area contributed by atoms with Crippen LogP contribution in [-0.2, 0) is 13.7 Å². The van der Waals surface area contributed by atoms with Crippen LogP contribution in [0.15, 0.2) is 24.3 Å². The zero-order valence-electron chi connectivity index (χ0n) is 10.2. The molecule has 3 nitrogen and oxygen atoms in total. The van der Waals surface area contributed by atoms with Gasteiger partial charge in [-0.25, -0.2) is 0 Å². The minimum absolute atomic E-state index is 0.159. The van der Waals surface area contributed by atoms with Crippen molar-refractivity contribution in [2.75, 3.05) is 7.11 Å². The van der Waals surface area contributed by atoms with Gasteiger partial charge in [-0.3, -0.25) is 0 Å². The zero-order chi connectivity index (χ0) is 13.7. The van der Waals surface area contributed by atoms with Crippen LogP contribution >= 0.6 is 21.4 Å². The molecule has 17 heavy (non-hydrogen) atoms. The van der Waals surface area contributed by atoms with E-state index in [4.69, 9.17) is 13.2 Å². The summed E-state index contributed by atoms with van der Waals surface area (Å²) in [5, 5.41) is 0. The van der Waals surface area contributed by atoms with E-state index in [1.54, 1.807) is 7.11 Å². The third kappa shape index (κ3) is 8.30. The van der Waals surface area contributed by atoms with Crippen LogP contribution in [-0.4, -0.2) is 15.5 Å². The van der Waals surface area contributed by atoms with Crippen molar-refractivity contribution < 1.29 is 13.2 Å². The van der Waals surface area contributed by atoms with Crippen LogP contribution in [0.4, 0.5) is 0 Å². The van der Waals surface area contributed by atoms with Crippen molar-refractivity contribution in [3.8, 4) is 5.75 Å². The third-order valence-electron chi connectivity index (χ3n) is 1.91. The molecule has 98 valence electrons. The van der Waals surface area contributed by atoms with E-state index in [1.165, 1.54) is 5.56 Å². The molecular formula is C11H16Cl2O3S. The van der Waals surface area contributed by atoms with Crippen molar-refractivity contribution in [3.63, 3.8) is 0 Å². The first-order valence-electron chi connectivity index (χ1n) is 4.83. The van der Waals surface area contributed by atoms with Crippen molar-refractivity contribution in [2.45, 2.75) is 26.2 Å². The highest BCUT2D eigenvalue weighted by atomic mass is 36.0. The highest BCUT2D eigenvalue weighted by Crippen LogP contribution is 2.30. The molecule has 0 heterocycles. The molecule has 0 atom stereocenters. The smallest absolute Gasteiger partial charge is 0.317 e. The van der Waals surface area contributed by atoms with Gasteiger partial charge >= 0.3 is 8.26 Å². The van der Waals surface area contributed by atoms with Gasteiger partial charge in [-0.1, -0.05) is 39.0 Å². The number of rotatable bonds is 1. The molecule has 1 rings (SSSR count). The molecule has 0 bridgehead atoms. The Bertz CT molecular complexity index is 442. The van der Waals surface area contributed by atoms with Crippen molar-refractivity contribution in [2.24, 2.45) is 0 Å². The highest BCUT2D eigenvalue weighted by molar-refractivity contribution is 8.31. The molecule has 0 aromatic heterocycles. The van der Waals surface area contributed by atoms with Gasteiger partial charge < -0.3 is 4.74 Å². The highest BCUT2D eigenvalue weighted by Gasteiger charge is 2.17. The summed E-state index contributed by atoms with van der Waals surface area (Å²) in [5.41, 5.74) is 1.42. The van der Waals surface area contributed by atoms with E-state index in [-0.39, 0.29) is 5.41 Å². The first-order valence-corrected chi connectivity index (χ1v) is 7.97. The van der Waals surface area contributed by atoms with Gasteiger partial charge in [-0.15, -0.1) is 0 Å². The molecule has 0 aliphatic carbocycles. The van der Waals surface area contributed by atoms with Crippen LogP contribution in [0.3, 0.4) is 0 Å². The van der Waals surface area contributed by atoms with Crippen LogP contribution in [0, 0.1) is 0 Å². The summed E-state index contributed by atoms with van der Waals surface area (Å²) >= 11 is 0. The SMILES string of the molecule is COc1ccccc1C(C)(C)C.O=S(=O)(Cl)Cl. The van der Waals surface area contributed by atoms with Gasteiger partial charge in [0.1, 0.15) is 5.75 Å². The van der Waals surface area contributed by atoms with Crippen molar-refractivity contribution in [1.29, 1.82) is 0 Å². The standard InChI is InChI=1S/C11H16O.Cl2O2S/c1-11(2,3)9-7-5-6-8-10(9)12-4;1-5(2,3)4/h5-8H,1-4H3;. The molecule has 0 spiro atoms. The molecular weight excluding hydrogens is 283 g/mol. The predicted molar refractivity (Wildman–Crippen MR) is 72.3 cm³/mol. The van der Waals surface area contributed by atoms with E-state index < -0.39 is 8.26 Å². The molecule has 0 unspecified atom stereocenters. The number of halogens is 2. The van der Waals surface area contributed by atoms with E-state index in [9.17, 15) is 0 Å². The molecule has 0 saturated carbocycles. The van der Waals surface area contributed by atoms with Gasteiger partial charge in [0.05, 0.1) is 7.11 Å². The average molecular weight is 299 g/mol. The Labute approximate surface area is 112 Å². The molecule has 0 radical (unpaired) electrons. The second-order valence-electron chi connectivity index (χ2n) is 4.33. The number of hydrogen-bond acceptors (Lipinski definition) is 3. The summed E-state index contributed by atoms with van der Waals surface area (Å²) < 4.78 is 23.6. The lowest BCUT2D eigenvalue weighted by atomic mass is 9.86. The molecule has 0 aliphatic rings. The fourth-order valence-electron chi connectivity index (χ4n) is 1.26. The normalized spacial score (nSPS) is 11.4. The topological polar surface area (TPSA) is 43.4 Å². The quantitative estimate of drug-likeness (QED) is 0.743. The number of para-hydroxylation sites is 1. The number of ether oxygens (including phenoxy) is 1. The average Bonchev–Trinajstić information content (AvgIpc) is 2.14. The Morgan fingerprint density at radius 3 is 1.82 bits per heavy atom. The molecule has 0 saturated heterocycles. The molecule has 0 amide bonds. The third-order valence-corrected chi connectivity index (χ3v) is 1.91. The van der Waals surface area contributed by atoms with E-state index in [1.807, 2.05) is 18.2 Å². The predicted octanol–water partition coefficient (Wildman–Crippen LogP) is 3.70. The Morgan fingerprint density at radius 1 is 1.12 bits per heavy atom. The van der Waals surface area contributed by atoms with Crippen molar-refractivity contribution >= 4 is 29.6 Å². The second kappa shape index (κ2) is 6.47. The van der Waals surface area contributed by atoms with Crippen molar-refractivity contribution in [1.82, 2.24) is 0 Å². The van der Waals surface area contributed by atoms with E-state index in [0.29, 0.717) is 0 Å². The molecule has 1 aromatic rings. The number of benzene rings is 1. The van der Waals surface area contributed by atoms with Gasteiger partial charge in [0.2, 0.25) is 0 Å². The Kier molecular flexibility index (Phi) is 6.30. The van der Waals surface area contributed by atoms with Crippen LogP contribution in [0.1, 0.15) is 26.3 Å². The van der Waals surface area contributed by atoms with E-state index in [0.717, 1.165) is 5.75 Å². The Hall–Kier alpha value is -0.450. The maximum atomic E-state index is 9.16. The molecule has 0 N–H and O–H groups in total.